The Bertz CT molecular complexity index is 611. The summed E-state index contributed by atoms with van der Waals surface area (Å²) >= 11 is 5.76. The van der Waals surface area contributed by atoms with Crippen LogP contribution in [-0.4, -0.2) is 36.1 Å². The zero-order valence-corrected chi connectivity index (χ0v) is 11.4. The summed E-state index contributed by atoms with van der Waals surface area (Å²) in [5, 5.41) is 0.372. The second-order valence-electron chi connectivity index (χ2n) is 4.18. The number of hydrogen-bond donors (Lipinski definition) is 0. The van der Waals surface area contributed by atoms with E-state index < -0.39 is 25.4 Å². The average Bonchev–Trinajstić information content (AvgIpc) is 2.45. The van der Waals surface area contributed by atoms with Gasteiger partial charge in [-0.25, -0.2) is 23.1 Å². The van der Waals surface area contributed by atoms with Crippen LogP contribution in [-0.2, 0) is 6.42 Å². The molecular formula is C13H12ClF3N2O. The van der Waals surface area contributed by atoms with Crippen LogP contribution in [0, 0.1) is 0 Å². The van der Waals surface area contributed by atoms with Crippen molar-refractivity contribution < 1.29 is 17.9 Å². The Balaban J connectivity index is 2.51. The molecule has 0 fully saturated rings. The number of methoxy groups -OCH3 is 1. The van der Waals surface area contributed by atoms with Crippen LogP contribution in [0.25, 0.3) is 10.9 Å². The van der Waals surface area contributed by atoms with Crippen molar-refractivity contribution in [2.45, 2.75) is 18.8 Å². The van der Waals surface area contributed by atoms with Crippen molar-refractivity contribution in [3.63, 3.8) is 0 Å². The Morgan fingerprint density at radius 1 is 1.25 bits per heavy atom. The van der Waals surface area contributed by atoms with Crippen molar-refractivity contribution in [1.82, 2.24) is 9.97 Å². The highest BCUT2D eigenvalue weighted by molar-refractivity contribution is 6.28. The van der Waals surface area contributed by atoms with E-state index in [9.17, 15) is 13.2 Å². The van der Waals surface area contributed by atoms with Crippen LogP contribution >= 0.6 is 11.6 Å². The maximum absolute atomic E-state index is 13.6. The molecule has 0 spiro atoms. The van der Waals surface area contributed by atoms with Crippen LogP contribution < -0.4 is 4.74 Å². The summed E-state index contributed by atoms with van der Waals surface area (Å²) < 4.78 is 44.0. The van der Waals surface area contributed by atoms with Crippen molar-refractivity contribution in [3.05, 3.63) is 29.2 Å². The molecular weight excluding hydrogens is 293 g/mol. The van der Waals surface area contributed by atoms with E-state index in [2.05, 4.69) is 9.97 Å². The third-order valence-corrected chi connectivity index (χ3v) is 3.05. The molecule has 1 aromatic heterocycles. The van der Waals surface area contributed by atoms with Crippen LogP contribution in [0.1, 0.15) is 5.69 Å². The molecule has 20 heavy (non-hydrogen) atoms. The SMILES string of the molecule is COc1cccc2nc(Cl)nc(CC(F)C(F)CF)c12. The second kappa shape index (κ2) is 6.26. The van der Waals surface area contributed by atoms with Crippen molar-refractivity contribution in [1.29, 1.82) is 0 Å². The van der Waals surface area contributed by atoms with Gasteiger partial charge in [0.2, 0.25) is 5.28 Å². The molecule has 0 amide bonds. The molecule has 0 aliphatic rings. The first-order chi connectivity index (χ1) is 9.56. The lowest BCUT2D eigenvalue weighted by Gasteiger charge is -2.13. The van der Waals surface area contributed by atoms with E-state index in [1.807, 2.05) is 0 Å². The zero-order chi connectivity index (χ0) is 14.7. The van der Waals surface area contributed by atoms with E-state index >= 15 is 0 Å². The summed E-state index contributed by atoms with van der Waals surface area (Å²) in [5.41, 5.74) is 0.656. The normalized spacial score (nSPS) is 14.2. The fraction of sp³-hybridized carbons (Fsp3) is 0.385. The molecule has 1 aromatic carbocycles. The molecule has 7 heteroatoms. The minimum Gasteiger partial charge on any atom is -0.496 e. The summed E-state index contributed by atoms with van der Waals surface area (Å²) in [4.78, 5) is 7.91. The summed E-state index contributed by atoms with van der Waals surface area (Å²) in [6, 6.07) is 5.00. The largest absolute Gasteiger partial charge is 0.496 e. The van der Waals surface area contributed by atoms with Gasteiger partial charge < -0.3 is 4.74 Å². The van der Waals surface area contributed by atoms with Gasteiger partial charge in [0.15, 0.2) is 6.17 Å². The molecule has 0 aliphatic heterocycles. The summed E-state index contributed by atoms with van der Waals surface area (Å²) in [7, 11) is 1.44. The number of fused-ring (bicyclic) bond motifs is 1. The molecule has 0 saturated heterocycles. The molecule has 2 rings (SSSR count). The molecule has 2 unspecified atom stereocenters. The molecule has 0 N–H and O–H groups in total. The van der Waals surface area contributed by atoms with Crippen LogP contribution in [0.4, 0.5) is 13.2 Å². The predicted molar refractivity (Wildman–Crippen MR) is 70.6 cm³/mol. The van der Waals surface area contributed by atoms with Crippen molar-refractivity contribution in [2.24, 2.45) is 0 Å². The fourth-order valence-electron chi connectivity index (χ4n) is 1.92. The highest BCUT2D eigenvalue weighted by Crippen LogP contribution is 2.29. The number of nitrogens with zero attached hydrogens (tertiary/aromatic N) is 2. The molecule has 1 heterocycles. The molecule has 2 aromatic rings. The Morgan fingerprint density at radius 2 is 2.00 bits per heavy atom. The van der Waals surface area contributed by atoms with Gasteiger partial charge in [0.05, 0.1) is 23.7 Å². The second-order valence-corrected chi connectivity index (χ2v) is 4.52. The molecule has 0 aliphatic carbocycles. The predicted octanol–water partition coefficient (Wildman–Crippen LogP) is 3.48. The molecule has 0 bridgehead atoms. The maximum Gasteiger partial charge on any atom is 0.223 e. The first-order valence-corrected chi connectivity index (χ1v) is 6.27. The smallest absolute Gasteiger partial charge is 0.223 e. The van der Waals surface area contributed by atoms with E-state index in [4.69, 9.17) is 16.3 Å². The molecule has 108 valence electrons. The average molecular weight is 305 g/mol. The Hall–Kier alpha value is -1.56. The number of rotatable bonds is 5. The lowest BCUT2D eigenvalue weighted by Crippen LogP contribution is -2.22. The maximum atomic E-state index is 13.6. The monoisotopic (exact) mass is 304 g/mol. The number of aromatic nitrogens is 2. The van der Waals surface area contributed by atoms with Gasteiger partial charge in [-0.05, 0) is 23.7 Å². The van der Waals surface area contributed by atoms with Gasteiger partial charge in [-0.1, -0.05) is 6.07 Å². The quantitative estimate of drug-likeness (QED) is 0.793. The van der Waals surface area contributed by atoms with Gasteiger partial charge >= 0.3 is 0 Å². The Labute approximate surface area is 118 Å². The minimum atomic E-state index is -2.19. The number of benzene rings is 1. The number of ether oxygens (including phenoxy) is 1. The highest BCUT2D eigenvalue weighted by atomic mass is 35.5. The summed E-state index contributed by atoms with van der Waals surface area (Å²) in [6.07, 6.45) is -4.59. The molecule has 2 atom stereocenters. The van der Waals surface area contributed by atoms with Crippen molar-refractivity contribution >= 4 is 22.5 Å². The van der Waals surface area contributed by atoms with E-state index in [1.165, 1.54) is 7.11 Å². The van der Waals surface area contributed by atoms with Gasteiger partial charge in [-0.15, -0.1) is 0 Å². The number of alkyl halides is 3. The topological polar surface area (TPSA) is 35.0 Å². The third-order valence-electron chi connectivity index (χ3n) is 2.88. The van der Waals surface area contributed by atoms with Gasteiger partial charge in [0, 0.05) is 6.42 Å². The third kappa shape index (κ3) is 2.95. The fourth-order valence-corrected chi connectivity index (χ4v) is 2.11. The standard InChI is InChI=1S/C13H12ClF3N2O/c1-20-11-4-2-3-9-12(11)10(19-13(14)18-9)5-7(16)8(17)6-15/h2-4,7-8H,5-6H2,1H3. The number of halogens is 4. The van der Waals surface area contributed by atoms with Crippen LogP contribution in [0.15, 0.2) is 18.2 Å². The van der Waals surface area contributed by atoms with Gasteiger partial charge in [-0.3, -0.25) is 0 Å². The van der Waals surface area contributed by atoms with E-state index in [0.29, 0.717) is 16.7 Å². The Kier molecular flexibility index (Phi) is 4.65. The van der Waals surface area contributed by atoms with Crippen molar-refractivity contribution in [2.75, 3.05) is 13.8 Å². The molecule has 3 nitrogen and oxygen atoms in total. The van der Waals surface area contributed by atoms with Gasteiger partial charge in [0.25, 0.3) is 0 Å². The van der Waals surface area contributed by atoms with Crippen LogP contribution in [0.5, 0.6) is 5.75 Å². The van der Waals surface area contributed by atoms with E-state index in [-0.39, 0.29) is 11.0 Å². The lowest BCUT2D eigenvalue weighted by atomic mass is 10.1. The van der Waals surface area contributed by atoms with Gasteiger partial charge in [0.1, 0.15) is 18.6 Å². The summed E-state index contributed by atoms with van der Waals surface area (Å²) in [5.74, 6) is 0.428. The lowest BCUT2D eigenvalue weighted by molar-refractivity contribution is 0.136. The van der Waals surface area contributed by atoms with Crippen LogP contribution in [0.2, 0.25) is 5.28 Å². The summed E-state index contributed by atoms with van der Waals surface area (Å²) in [6.45, 7) is -1.38. The van der Waals surface area contributed by atoms with Crippen LogP contribution in [0.3, 0.4) is 0 Å². The first kappa shape index (κ1) is 14.8. The zero-order valence-electron chi connectivity index (χ0n) is 10.6. The number of hydrogen-bond acceptors (Lipinski definition) is 3. The molecule has 0 saturated carbocycles. The Morgan fingerprint density at radius 3 is 2.65 bits per heavy atom. The minimum absolute atomic E-state index is 0.0800. The van der Waals surface area contributed by atoms with E-state index in [0.717, 1.165) is 0 Å². The first-order valence-electron chi connectivity index (χ1n) is 5.90. The van der Waals surface area contributed by atoms with Gasteiger partial charge in [-0.2, -0.15) is 0 Å². The van der Waals surface area contributed by atoms with E-state index in [1.54, 1.807) is 18.2 Å². The molecule has 0 radical (unpaired) electrons. The highest BCUT2D eigenvalue weighted by Gasteiger charge is 2.23. The van der Waals surface area contributed by atoms with Crippen molar-refractivity contribution in [3.8, 4) is 5.75 Å².